The molecule has 3 heteroatoms. The number of ether oxygens (including phenoxy) is 2. The summed E-state index contributed by atoms with van der Waals surface area (Å²) in [6, 6.07) is 0. The highest BCUT2D eigenvalue weighted by molar-refractivity contribution is 5.93. The molecule has 1 atom stereocenters. The molecule has 0 bridgehead atoms. The van der Waals surface area contributed by atoms with E-state index >= 15 is 0 Å². The Bertz CT molecular complexity index is 184. The molecule has 1 aliphatic heterocycles. The van der Waals surface area contributed by atoms with E-state index in [1.165, 1.54) is 6.08 Å². The predicted molar refractivity (Wildman–Crippen MR) is 40.1 cm³/mol. The zero-order chi connectivity index (χ0) is 8.48. The zero-order valence-electron chi connectivity index (χ0n) is 6.79. The Kier molecular flexibility index (Phi) is 2.11. The van der Waals surface area contributed by atoms with E-state index in [0.29, 0.717) is 6.61 Å². The van der Waals surface area contributed by atoms with Crippen molar-refractivity contribution in [2.75, 3.05) is 6.61 Å². The van der Waals surface area contributed by atoms with Gasteiger partial charge in [0.1, 0.15) is 6.10 Å². The van der Waals surface area contributed by atoms with Gasteiger partial charge >= 0.3 is 0 Å². The van der Waals surface area contributed by atoms with Crippen LogP contribution in [0.25, 0.3) is 0 Å². The minimum atomic E-state index is -0.622. The van der Waals surface area contributed by atoms with Gasteiger partial charge in [0.25, 0.3) is 0 Å². The molecule has 1 aliphatic rings. The van der Waals surface area contributed by atoms with Crippen LogP contribution in [0.2, 0.25) is 0 Å². The van der Waals surface area contributed by atoms with Gasteiger partial charge in [0, 0.05) is 0 Å². The van der Waals surface area contributed by atoms with E-state index in [1.54, 1.807) is 13.8 Å². The third kappa shape index (κ3) is 1.88. The average molecular weight is 156 g/mol. The first-order chi connectivity index (χ1) is 5.05. The Morgan fingerprint density at radius 1 is 1.73 bits per heavy atom. The lowest BCUT2D eigenvalue weighted by Gasteiger charge is -2.15. The predicted octanol–water partition coefficient (Wildman–Crippen LogP) is 0.893. The summed E-state index contributed by atoms with van der Waals surface area (Å²) in [5, 5.41) is 0. The number of rotatable bonds is 2. The van der Waals surface area contributed by atoms with Crippen molar-refractivity contribution in [3.05, 3.63) is 12.7 Å². The molecule has 0 aromatic carbocycles. The molecule has 0 N–H and O–H groups in total. The van der Waals surface area contributed by atoms with Crippen LogP contribution in [-0.4, -0.2) is 24.3 Å². The van der Waals surface area contributed by atoms with Gasteiger partial charge in [-0.3, -0.25) is 4.79 Å². The van der Waals surface area contributed by atoms with Crippen LogP contribution >= 0.6 is 0 Å². The molecule has 0 spiro atoms. The van der Waals surface area contributed by atoms with Crippen molar-refractivity contribution in [2.45, 2.75) is 25.7 Å². The van der Waals surface area contributed by atoms with E-state index in [1.807, 2.05) is 0 Å². The maximum atomic E-state index is 11.0. The number of carbonyl (C=O) groups excluding carboxylic acids is 1. The van der Waals surface area contributed by atoms with Gasteiger partial charge in [-0.25, -0.2) is 0 Å². The molecule has 1 rings (SSSR count). The third-order valence-electron chi connectivity index (χ3n) is 1.53. The van der Waals surface area contributed by atoms with Crippen molar-refractivity contribution < 1.29 is 14.3 Å². The second-order valence-corrected chi connectivity index (χ2v) is 2.92. The summed E-state index contributed by atoms with van der Waals surface area (Å²) in [7, 11) is 0. The van der Waals surface area contributed by atoms with Gasteiger partial charge in [-0.1, -0.05) is 6.58 Å². The lowest BCUT2D eigenvalue weighted by Crippen LogP contribution is -2.25. The molecule has 0 aromatic heterocycles. The molecule has 0 radical (unpaired) electrons. The summed E-state index contributed by atoms with van der Waals surface area (Å²) in [4.78, 5) is 11.0. The Hall–Kier alpha value is -0.670. The lowest BCUT2D eigenvalue weighted by molar-refractivity contribution is -0.149. The highest BCUT2D eigenvalue weighted by atomic mass is 16.7. The molecule has 1 fully saturated rings. The molecule has 1 unspecified atom stereocenters. The van der Waals surface area contributed by atoms with Crippen molar-refractivity contribution in [1.82, 2.24) is 0 Å². The normalized spacial score (nSPS) is 28.4. The fourth-order valence-corrected chi connectivity index (χ4v) is 0.959. The Balaban J connectivity index is 2.54. The monoisotopic (exact) mass is 156 g/mol. The molecule has 11 heavy (non-hydrogen) atoms. The minimum absolute atomic E-state index is 0.115. The smallest absolute Gasteiger partial charge is 0.186 e. The summed E-state index contributed by atoms with van der Waals surface area (Å²) in [5.74, 6) is -0.737. The molecule has 0 aliphatic carbocycles. The van der Waals surface area contributed by atoms with Gasteiger partial charge in [0.2, 0.25) is 0 Å². The van der Waals surface area contributed by atoms with E-state index in [-0.39, 0.29) is 5.78 Å². The molecular weight excluding hydrogens is 144 g/mol. The molecule has 0 amide bonds. The summed E-state index contributed by atoms with van der Waals surface area (Å²) in [6.07, 6.45) is 0.803. The number of carbonyl (C=O) groups is 1. The largest absolute Gasteiger partial charge is 0.347 e. The molecule has 62 valence electrons. The highest BCUT2D eigenvalue weighted by Gasteiger charge is 2.35. The van der Waals surface area contributed by atoms with Crippen molar-refractivity contribution in [1.29, 1.82) is 0 Å². The summed E-state index contributed by atoms with van der Waals surface area (Å²) < 4.78 is 10.4. The van der Waals surface area contributed by atoms with E-state index in [0.717, 1.165) is 0 Å². The van der Waals surface area contributed by atoms with Crippen LogP contribution in [0.5, 0.6) is 0 Å². The summed E-state index contributed by atoms with van der Waals surface area (Å²) in [5.41, 5.74) is 0. The van der Waals surface area contributed by atoms with Crippen LogP contribution < -0.4 is 0 Å². The van der Waals surface area contributed by atoms with Crippen LogP contribution in [-0.2, 0) is 14.3 Å². The van der Waals surface area contributed by atoms with Gasteiger partial charge in [0.15, 0.2) is 11.6 Å². The standard InChI is InChI=1S/C8H12O3/c1-4-6(9)7-5-10-8(2,3)11-7/h4,7H,1,5H2,2-3H3. The number of hydrogen-bond donors (Lipinski definition) is 0. The lowest BCUT2D eigenvalue weighted by atomic mass is 10.2. The van der Waals surface area contributed by atoms with Crippen LogP contribution in [0.4, 0.5) is 0 Å². The van der Waals surface area contributed by atoms with E-state index in [9.17, 15) is 4.79 Å². The Morgan fingerprint density at radius 3 is 2.73 bits per heavy atom. The topological polar surface area (TPSA) is 35.5 Å². The van der Waals surface area contributed by atoms with E-state index in [4.69, 9.17) is 9.47 Å². The number of ketones is 1. The Labute approximate surface area is 66.0 Å². The maximum absolute atomic E-state index is 11.0. The van der Waals surface area contributed by atoms with Crippen molar-refractivity contribution in [2.24, 2.45) is 0 Å². The highest BCUT2D eigenvalue weighted by Crippen LogP contribution is 2.22. The average Bonchev–Trinajstić information content (AvgIpc) is 2.29. The SMILES string of the molecule is C=CC(=O)C1COC(C)(C)O1. The first-order valence-electron chi connectivity index (χ1n) is 3.53. The maximum Gasteiger partial charge on any atom is 0.186 e. The summed E-state index contributed by atoms with van der Waals surface area (Å²) >= 11 is 0. The van der Waals surface area contributed by atoms with Crippen LogP contribution in [0.1, 0.15) is 13.8 Å². The van der Waals surface area contributed by atoms with Crippen LogP contribution in [0.3, 0.4) is 0 Å². The van der Waals surface area contributed by atoms with Crippen LogP contribution in [0, 0.1) is 0 Å². The molecule has 0 aromatic rings. The third-order valence-corrected chi connectivity index (χ3v) is 1.53. The van der Waals surface area contributed by atoms with Crippen molar-refractivity contribution >= 4 is 5.78 Å². The van der Waals surface area contributed by atoms with E-state index in [2.05, 4.69) is 6.58 Å². The molecule has 3 nitrogen and oxygen atoms in total. The first-order valence-corrected chi connectivity index (χ1v) is 3.53. The second kappa shape index (κ2) is 2.75. The molecule has 0 saturated carbocycles. The molecule has 1 heterocycles. The molecular formula is C8H12O3. The van der Waals surface area contributed by atoms with Crippen LogP contribution in [0.15, 0.2) is 12.7 Å². The van der Waals surface area contributed by atoms with Gasteiger partial charge in [-0.15, -0.1) is 0 Å². The number of hydrogen-bond acceptors (Lipinski definition) is 3. The molecule has 1 saturated heterocycles. The van der Waals surface area contributed by atoms with Gasteiger partial charge in [-0.2, -0.15) is 0 Å². The van der Waals surface area contributed by atoms with Gasteiger partial charge in [0.05, 0.1) is 6.61 Å². The fraction of sp³-hybridized carbons (Fsp3) is 0.625. The summed E-state index contributed by atoms with van der Waals surface area (Å²) in [6.45, 7) is 7.26. The first kappa shape index (κ1) is 8.43. The second-order valence-electron chi connectivity index (χ2n) is 2.92. The van der Waals surface area contributed by atoms with Gasteiger partial charge < -0.3 is 9.47 Å². The zero-order valence-corrected chi connectivity index (χ0v) is 6.79. The van der Waals surface area contributed by atoms with Crippen molar-refractivity contribution in [3.8, 4) is 0 Å². The quantitative estimate of drug-likeness (QED) is 0.557. The fourth-order valence-electron chi connectivity index (χ4n) is 0.959. The minimum Gasteiger partial charge on any atom is -0.347 e. The van der Waals surface area contributed by atoms with Crippen molar-refractivity contribution in [3.63, 3.8) is 0 Å². The van der Waals surface area contributed by atoms with E-state index < -0.39 is 11.9 Å². The van der Waals surface area contributed by atoms with Gasteiger partial charge in [-0.05, 0) is 19.9 Å². The Morgan fingerprint density at radius 2 is 2.36 bits per heavy atom.